The number of anilines is 1. The number of carbonyl (C=O) groups excluding carboxylic acids is 1. The van der Waals surface area contributed by atoms with Gasteiger partial charge in [0.2, 0.25) is 0 Å². The average molecular weight is 267 g/mol. The summed E-state index contributed by atoms with van der Waals surface area (Å²) >= 11 is 0. The second-order valence-corrected chi connectivity index (χ2v) is 5.77. The highest BCUT2D eigenvalue weighted by Gasteiger charge is 2.18. The third-order valence-corrected chi connectivity index (χ3v) is 3.96. The van der Waals surface area contributed by atoms with Gasteiger partial charge in [-0.25, -0.2) is 0 Å². The fourth-order valence-electron chi connectivity index (χ4n) is 2.12. The number of rotatable bonds is 4. The third kappa shape index (κ3) is 2.90. The molecule has 0 heterocycles. The smallest absolute Gasteiger partial charge is 0.193 e. The largest absolute Gasteiger partial charge is 0.399 e. The maximum atomic E-state index is 12.4. The van der Waals surface area contributed by atoms with Gasteiger partial charge in [0, 0.05) is 16.8 Å². The van der Waals surface area contributed by atoms with Crippen LogP contribution in [0.25, 0.3) is 0 Å². The van der Waals surface area contributed by atoms with E-state index in [2.05, 4.69) is 20.8 Å². The molecule has 0 fully saturated rings. The van der Waals surface area contributed by atoms with Gasteiger partial charge in [0.1, 0.15) is 0 Å². The SMILES string of the molecule is CCC(C)(C)c1ccc(C(=O)c2cccc(N)c2)cc1. The van der Waals surface area contributed by atoms with E-state index in [4.69, 9.17) is 5.73 Å². The number of hydrogen-bond donors (Lipinski definition) is 1. The molecule has 0 aromatic heterocycles. The van der Waals surface area contributed by atoms with Crippen molar-refractivity contribution in [3.8, 4) is 0 Å². The lowest BCUT2D eigenvalue weighted by molar-refractivity contribution is 0.103. The highest BCUT2D eigenvalue weighted by atomic mass is 16.1. The number of nitrogen functional groups attached to an aromatic ring is 1. The van der Waals surface area contributed by atoms with Crippen molar-refractivity contribution < 1.29 is 4.79 Å². The van der Waals surface area contributed by atoms with E-state index in [1.54, 1.807) is 24.3 Å². The summed E-state index contributed by atoms with van der Waals surface area (Å²) in [7, 11) is 0. The van der Waals surface area contributed by atoms with Gasteiger partial charge in [-0.1, -0.05) is 57.2 Å². The first-order valence-corrected chi connectivity index (χ1v) is 6.95. The maximum Gasteiger partial charge on any atom is 0.193 e. The van der Waals surface area contributed by atoms with Crippen molar-refractivity contribution in [3.63, 3.8) is 0 Å². The van der Waals surface area contributed by atoms with E-state index in [0.717, 1.165) is 6.42 Å². The minimum atomic E-state index is 0.0122. The molecule has 0 bridgehead atoms. The molecule has 20 heavy (non-hydrogen) atoms. The highest BCUT2D eigenvalue weighted by Crippen LogP contribution is 2.27. The first-order chi connectivity index (χ1) is 9.44. The molecule has 0 spiro atoms. The number of ketones is 1. The van der Waals surface area contributed by atoms with Crippen LogP contribution in [-0.2, 0) is 5.41 Å². The molecule has 2 rings (SSSR count). The number of hydrogen-bond acceptors (Lipinski definition) is 2. The van der Waals surface area contributed by atoms with Crippen molar-refractivity contribution in [3.05, 3.63) is 65.2 Å². The van der Waals surface area contributed by atoms with Crippen LogP contribution in [0.15, 0.2) is 48.5 Å². The van der Waals surface area contributed by atoms with Gasteiger partial charge in [0.15, 0.2) is 5.78 Å². The predicted molar refractivity (Wildman–Crippen MR) is 84.0 cm³/mol. The van der Waals surface area contributed by atoms with Crippen molar-refractivity contribution >= 4 is 11.5 Å². The Bertz CT molecular complexity index is 612. The van der Waals surface area contributed by atoms with Crippen LogP contribution < -0.4 is 5.73 Å². The van der Waals surface area contributed by atoms with Gasteiger partial charge in [0.05, 0.1) is 0 Å². The zero-order chi connectivity index (χ0) is 14.8. The minimum Gasteiger partial charge on any atom is -0.399 e. The number of carbonyl (C=O) groups is 1. The van der Waals surface area contributed by atoms with E-state index in [1.807, 2.05) is 24.3 Å². The molecule has 0 radical (unpaired) electrons. The van der Waals surface area contributed by atoms with Gasteiger partial charge in [0.25, 0.3) is 0 Å². The first-order valence-electron chi connectivity index (χ1n) is 6.95. The number of nitrogens with two attached hydrogens (primary N) is 1. The fourth-order valence-corrected chi connectivity index (χ4v) is 2.12. The van der Waals surface area contributed by atoms with E-state index < -0.39 is 0 Å². The minimum absolute atomic E-state index is 0.0122. The summed E-state index contributed by atoms with van der Waals surface area (Å²) in [4.78, 5) is 12.4. The highest BCUT2D eigenvalue weighted by molar-refractivity contribution is 6.09. The monoisotopic (exact) mass is 267 g/mol. The van der Waals surface area contributed by atoms with Gasteiger partial charge in [-0.2, -0.15) is 0 Å². The van der Waals surface area contributed by atoms with Crippen molar-refractivity contribution in [2.45, 2.75) is 32.6 Å². The molecule has 0 aliphatic rings. The van der Waals surface area contributed by atoms with Crippen molar-refractivity contribution in [2.75, 3.05) is 5.73 Å². The molecule has 0 aliphatic heterocycles. The maximum absolute atomic E-state index is 12.4. The van der Waals surface area contributed by atoms with Crippen molar-refractivity contribution in [1.29, 1.82) is 0 Å². The fraction of sp³-hybridized carbons (Fsp3) is 0.278. The van der Waals surface area contributed by atoms with Crippen molar-refractivity contribution in [2.24, 2.45) is 0 Å². The van der Waals surface area contributed by atoms with Crippen LogP contribution >= 0.6 is 0 Å². The van der Waals surface area contributed by atoms with Gasteiger partial charge < -0.3 is 5.73 Å². The molecule has 0 amide bonds. The lowest BCUT2D eigenvalue weighted by Crippen LogP contribution is -2.15. The van der Waals surface area contributed by atoms with Crippen LogP contribution in [-0.4, -0.2) is 5.78 Å². The molecule has 2 heteroatoms. The van der Waals surface area contributed by atoms with Crippen LogP contribution in [0, 0.1) is 0 Å². The van der Waals surface area contributed by atoms with Crippen LogP contribution in [0.5, 0.6) is 0 Å². The molecule has 0 unspecified atom stereocenters. The molecule has 0 saturated heterocycles. The van der Waals surface area contributed by atoms with E-state index in [0.29, 0.717) is 16.8 Å². The topological polar surface area (TPSA) is 43.1 Å². The molecule has 0 saturated carbocycles. The third-order valence-electron chi connectivity index (χ3n) is 3.96. The Morgan fingerprint density at radius 3 is 2.25 bits per heavy atom. The lowest BCUT2D eigenvalue weighted by atomic mass is 9.82. The molecular weight excluding hydrogens is 246 g/mol. The lowest BCUT2D eigenvalue weighted by Gasteiger charge is -2.23. The molecule has 0 atom stereocenters. The van der Waals surface area contributed by atoms with E-state index >= 15 is 0 Å². The zero-order valence-electron chi connectivity index (χ0n) is 12.3. The quantitative estimate of drug-likeness (QED) is 0.667. The summed E-state index contributed by atoms with van der Waals surface area (Å²) in [6.45, 7) is 6.59. The normalized spacial score (nSPS) is 11.3. The van der Waals surface area contributed by atoms with E-state index in [9.17, 15) is 4.79 Å². The standard InChI is InChI=1S/C18H21NO/c1-4-18(2,3)15-10-8-13(9-11-15)17(20)14-6-5-7-16(19)12-14/h5-12H,4,19H2,1-3H3. The summed E-state index contributed by atoms with van der Waals surface area (Å²) in [5.41, 5.74) is 9.06. The summed E-state index contributed by atoms with van der Waals surface area (Å²) in [5.74, 6) is 0.0122. The Hall–Kier alpha value is -2.09. The Labute approximate surface area is 120 Å². The summed E-state index contributed by atoms with van der Waals surface area (Å²) in [6.07, 6.45) is 1.06. The Kier molecular flexibility index (Phi) is 3.93. The van der Waals surface area contributed by atoms with Crippen molar-refractivity contribution in [1.82, 2.24) is 0 Å². The molecule has 0 aliphatic carbocycles. The molecule has 2 nitrogen and oxygen atoms in total. The molecule has 2 aromatic carbocycles. The second kappa shape index (κ2) is 5.49. The van der Waals surface area contributed by atoms with Gasteiger partial charge >= 0.3 is 0 Å². The molecular formula is C18H21NO. The summed E-state index contributed by atoms with van der Waals surface area (Å²) < 4.78 is 0. The predicted octanol–water partition coefficient (Wildman–Crippen LogP) is 4.19. The summed E-state index contributed by atoms with van der Waals surface area (Å²) in [5, 5.41) is 0. The van der Waals surface area contributed by atoms with Crippen LogP contribution in [0.4, 0.5) is 5.69 Å². The Balaban J connectivity index is 2.29. The zero-order valence-corrected chi connectivity index (χ0v) is 12.3. The Morgan fingerprint density at radius 2 is 1.70 bits per heavy atom. The van der Waals surface area contributed by atoms with Crippen LogP contribution in [0.3, 0.4) is 0 Å². The van der Waals surface area contributed by atoms with Gasteiger partial charge in [-0.05, 0) is 29.5 Å². The second-order valence-electron chi connectivity index (χ2n) is 5.77. The average Bonchev–Trinajstić information content (AvgIpc) is 2.46. The Morgan fingerprint density at radius 1 is 1.05 bits per heavy atom. The van der Waals surface area contributed by atoms with Crippen LogP contribution in [0.2, 0.25) is 0 Å². The summed E-state index contributed by atoms with van der Waals surface area (Å²) in [6, 6.07) is 15.0. The van der Waals surface area contributed by atoms with Gasteiger partial charge in [-0.15, -0.1) is 0 Å². The molecule has 104 valence electrons. The first kappa shape index (κ1) is 14.3. The van der Waals surface area contributed by atoms with E-state index in [-0.39, 0.29) is 11.2 Å². The molecule has 2 aromatic rings. The van der Waals surface area contributed by atoms with E-state index in [1.165, 1.54) is 5.56 Å². The number of benzene rings is 2. The van der Waals surface area contributed by atoms with Crippen LogP contribution in [0.1, 0.15) is 48.7 Å². The van der Waals surface area contributed by atoms with Gasteiger partial charge in [-0.3, -0.25) is 4.79 Å². The molecule has 2 N–H and O–H groups in total.